The molecule has 0 saturated carbocycles. The van der Waals surface area contributed by atoms with Gasteiger partial charge in [-0.25, -0.2) is 4.39 Å². The number of aryl methyl sites for hydroxylation is 1. The van der Waals surface area contributed by atoms with Crippen molar-refractivity contribution >= 4 is 0 Å². The molecular formula is C18H22FN. The number of hydrogen-bond acceptors (Lipinski definition) is 1. The maximum atomic E-state index is 13.0. The van der Waals surface area contributed by atoms with E-state index >= 15 is 0 Å². The first-order valence-corrected chi connectivity index (χ1v) is 7.32. The molecule has 0 aliphatic heterocycles. The predicted molar refractivity (Wildman–Crippen MR) is 82.2 cm³/mol. The molecule has 0 radical (unpaired) electrons. The molecule has 0 bridgehead atoms. The van der Waals surface area contributed by atoms with Crippen LogP contribution in [-0.2, 0) is 6.42 Å². The van der Waals surface area contributed by atoms with Gasteiger partial charge in [0.2, 0.25) is 0 Å². The molecule has 0 saturated heterocycles. The van der Waals surface area contributed by atoms with Crippen molar-refractivity contribution in [3.8, 4) is 0 Å². The van der Waals surface area contributed by atoms with Crippen LogP contribution in [0.4, 0.5) is 4.39 Å². The fraction of sp³-hybridized carbons (Fsp3) is 0.333. The summed E-state index contributed by atoms with van der Waals surface area (Å²) in [5, 5.41) is 3.55. The zero-order valence-electron chi connectivity index (χ0n) is 12.0. The van der Waals surface area contributed by atoms with Crippen LogP contribution >= 0.6 is 0 Å². The summed E-state index contributed by atoms with van der Waals surface area (Å²) < 4.78 is 13.0. The van der Waals surface area contributed by atoms with Gasteiger partial charge in [0.1, 0.15) is 5.82 Å². The van der Waals surface area contributed by atoms with Gasteiger partial charge in [0.05, 0.1) is 0 Å². The van der Waals surface area contributed by atoms with Gasteiger partial charge in [-0.1, -0.05) is 49.4 Å². The second-order valence-electron chi connectivity index (χ2n) is 5.08. The minimum absolute atomic E-state index is 0.175. The van der Waals surface area contributed by atoms with Crippen LogP contribution in [0.5, 0.6) is 0 Å². The Kier molecular flexibility index (Phi) is 5.75. The van der Waals surface area contributed by atoms with E-state index in [0.29, 0.717) is 0 Å². The van der Waals surface area contributed by atoms with Crippen LogP contribution in [-0.4, -0.2) is 6.54 Å². The summed E-state index contributed by atoms with van der Waals surface area (Å²) in [6.07, 6.45) is 3.15. The highest BCUT2D eigenvalue weighted by Gasteiger charge is 2.10. The van der Waals surface area contributed by atoms with Gasteiger partial charge in [0.25, 0.3) is 0 Å². The number of nitrogens with one attached hydrogen (secondary N) is 1. The summed E-state index contributed by atoms with van der Waals surface area (Å²) in [4.78, 5) is 0. The molecule has 0 aliphatic carbocycles. The average molecular weight is 271 g/mol. The second-order valence-corrected chi connectivity index (χ2v) is 5.08. The molecule has 0 aliphatic rings. The zero-order valence-corrected chi connectivity index (χ0v) is 12.0. The van der Waals surface area contributed by atoms with Crippen molar-refractivity contribution in [1.29, 1.82) is 0 Å². The molecule has 1 N–H and O–H groups in total. The van der Waals surface area contributed by atoms with E-state index in [4.69, 9.17) is 0 Å². The van der Waals surface area contributed by atoms with E-state index < -0.39 is 0 Å². The summed E-state index contributed by atoms with van der Waals surface area (Å²) in [5.74, 6) is -0.175. The third-order valence-corrected chi connectivity index (χ3v) is 3.48. The highest BCUT2D eigenvalue weighted by molar-refractivity contribution is 5.21. The van der Waals surface area contributed by atoms with E-state index in [1.54, 1.807) is 12.1 Å². The molecule has 2 rings (SSSR count). The van der Waals surface area contributed by atoms with Crippen molar-refractivity contribution in [2.75, 3.05) is 6.54 Å². The Labute approximate surface area is 120 Å². The van der Waals surface area contributed by atoms with Crippen molar-refractivity contribution in [2.45, 2.75) is 32.2 Å². The molecule has 0 aromatic heterocycles. The molecular weight excluding hydrogens is 249 g/mol. The van der Waals surface area contributed by atoms with Crippen molar-refractivity contribution in [1.82, 2.24) is 5.32 Å². The van der Waals surface area contributed by atoms with Crippen molar-refractivity contribution < 1.29 is 4.39 Å². The third-order valence-electron chi connectivity index (χ3n) is 3.48. The Bertz CT molecular complexity index is 493. The van der Waals surface area contributed by atoms with E-state index in [2.05, 4.69) is 36.5 Å². The lowest BCUT2D eigenvalue weighted by atomic mass is 9.99. The summed E-state index contributed by atoms with van der Waals surface area (Å²) in [5.41, 5.74) is 2.51. The zero-order chi connectivity index (χ0) is 14.2. The summed E-state index contributed by atoms with van der Waals surface area (Å²) in [7, 11) is 0. The molecule has 0 fully saturated rings. The van der Waals surface area contributed by atoms with E-state index in [0.717, 1.165) is 31.4 Å². The molecule has 2 heteroatoms. The topological polar surface area (TPSA) is 12.0 Å². The minimum atomic E-state index is -0.175. The van der Waals surface area contributed by atoms with Gasteiger partial charge in [-0.15, -0.1) is 0 Å². The fourth-order valence-electron chi connectivity index (χ4n) is 2.36. The Balaban J connectivity index is 2.01. The molecule has 0 spiro atoms. The lowest BCUT2D eigenvalue weighted by molar-refractivity contribution is 0.498. The quantitative estimate of drug-likeness (QED) is 0.782. The van der Waals surface area contributed by atoms with Crippen LogP contribution in [0, 0.1) is 5.82 Å². The van der Waals surface area contributed by atoms with Gasteiger partial charge in [0.15, 0.2) is 0 Å². The van der Waals surface area contributed by atoms with E-state index in [9.17, 15) is 4.39 Å². The highest BCUT2D eigenvalue weighted by Crippen LogP contribution is 2.19. The Hall–Kier alpha value is -1.67. The second kappa shape index (κ2) is 7.81. The first-order valence-electron chi connectivity index (χ1n) is 7.32. The molecule has 2 aromatic carbocycles. The minimum Gasteiger partial charge on any atom is -0.310 e. The fourth-order valence-corrected chi connectivity index (χ4v) is 2.36. The molecule has 20 heavy (non-hydrogen) atoms. The van der Waals surface area contributed by atoms with Gasteiger partial charge in [-0.05, 0) is 49.1 Å². The van der Waals surface area contributed by atoms with Crippen molar-refractivity contribution in [3.05, 3.63) is 71.5 Å². The number of hydrogen-bond donors (Lipinski definition) is 1. The smallest absolute Gasteiger partial charge is 0.123 e. The molecule has 0 amide bonds. The van der Waals surface area contributed by atoms with Gasteiger partial charge in [-0.3, -0.25) is 0 Å². The first kappa shape index (κ1) is 14.7. The van der Waals surface area contributed by atoms with Crippen LogP contribution in [0.3, 0.4) is 0 Å². The van der Waals surface area contributed by atoms with Crippen LogP contribution in [0.2, 0.25) is 0 Å². The Morgan fingerprint density at radius 1 is 1.00 bits per heavy atom. The first-order chi connectivity index (χ1) is 9.79. The number of halogens is 1. The van der Waals surface area contributed by atoms with Crippen molar-refractivity contribution in [3.63, 3.8) is 0 Å². The van der Waals surface area contributed by atoms with Crippen LogP contribution < -0.4 is 5.32 Å². The summed E-state index contributed by atoms with van der Waals surface area (Å²) in [6.45, 7) is 3.14. The molecule has 1 nitrogen and oxygen atoms in total. The van der Waals surface area contributed by atoms with E-state index in [1.165, 1.54) is 5.56 Å². The summed E-state index contributed by atoms with van der Waals surface area (Å²) >= 11 is 0. The Morgan fingerprint density at radius 3 is 2.35 bits per heavy atom. The predicted octanol–water partition coefficient (Wildman–Crippen LogP) is 4.50. The van der Waals surface area contributed by atoms with Gasteiger partial charge >= 0.3 is 0 Å². The highest BCUT2D eigenvalue weighted by atomic mass is 19.1. The SMILES string of the molecule is CCCNC(CCc1ccccc1)c1ccc(F)cc1. The van der Waals surface area contributed by atoms with Crippen LogP contribution in [0.15, 0.2) is 54.6 Å². The molecule has 0 heterocycles. The normalized spacial score (nSPS) is 12.3. The number of benzene rings is 2. The maximum absolute atomic E-state index is 13.0. The number of rotatable bonds is 7. The van der Waals surface area contributed by atoms with Gasteiger partial charge in [0, 0.05) is 6.04 Å². The molecule has 106 valence electrons. The van der Waals surface area contributed by atoms with E-state index in [1.807, 2.05) is 18.2 Å². The molecule has 1 atom stereocenters. The van der Waals surface area contributed by atoms with E-state index in [-0.39, 0.29) is 11.9 Å². The monoisotopic (exact) mass is 271 g/mol. The van der Waals surface area contributed by atoms with Crippen LogP contribution in [0.1, 0.15) is 36.9 Å². The molecule has 2 aromatic rings. The lowest BCUT2D eigenvalue weighted by Gasteiger charge is -2.19. The van der Waals surface area contributed by atoms with Gasteiger partial charge < -0.3 is 5.32 Å². The average Bonchev–Trinajstić information content (AvgIpc) is 2.50. The van der Waals surface area contributed by atoms with Gasteiger partial charge in [-0.2, -0.15) is 0 Å². The largest absolute Gasteiger partial charge is 0.310 e. The maximum Gasteiger partial charge on any atom is 0.123 e. The van der Waals surface area contributed by atoms with Crippen molar-refractivity contribution in [2.24, 2.45) is 0 Å². The standard InChI is InChI=1S/C18H22FN/c1-2-14-20-18(16-9-11-17(19)12-10-16)13-8-15-6-4-3-5-7-15/h3-7,9-12,18,20H,2,8,13-14H2,1H3. The summed E-state index contributed by atoms with van der Waals surface area (Å²) in [6, 6.07) is 17.6. The molecule has 1 unspecified atom stereocenters. The lowest BCUT2D eigenvalue weighted by Crippen LogP contribution is -2.22. The van der Waals surface area contributed by atoms with Crippen LogP contribution in [0.25, 0.3) is 0 Å². The third kappa shape index (κ3) is 4.46. The Morgan fingerprint density at radius 2 is 1.70 bits per heavy atom.